The zero-order valence-corrected chi connectivity index (χ0v) is 11.7. The van der Waals surface area contributed by atoms with E-state index in [1.807, 2.05) is 37.3 Å². The van der Waals surface area contributed by atoms with Gasteiger partial charge in [0, 0.05) is 25.1 Å². The number of amides is 1. The number of likely N-dealkylation sites (tertiary alicyclic amines) is 1. The van der Waals surface area contributed by atoms with Crippen molar-refractivity contribution in [1.29, 1.82) is 0 Å². The molecule has 1 heterocycles. The van der Waals surface area contributed by atoms with Crippen molar-refractivity contribution in [3.63, 3.8) is 0 Å². The second kappa shape index (κ2) is 5.90. The van der Waals surface area contributed by atoms with Gasteiger partial charge in [0.25, 0.3) is 0 Å². The van der Waals surface area contributed by atoms with Crippen LogP contribution in [0, 0.1) is 18.8 Å². The van der Waals surface area contributed by atoms with Gasteiger partial charge in [-0.2, -0.15) is 0 Å². The van der Waals surface area contributed by atoms with Gasteiger partial charge in [-0.05, 0) is 24.1 Å². The van der Waals surface area contributed by atoms with Crippen molar-refractivity contribution in [2.24, 2.45) is 11.8 Å². The van der Waals surface area contributed by atoms with Gasteiger partial charge in [-0.15, -0.1) is 0 Å². The Morgan fingerprint density at radius 3 is 2.60 bits per heavy atom. The fourth-order valence-electron chi connectivity index (χ4n) is 2.25. The lowest BCUT2D eigenvalue weighted by molar-refractivity contribution is -0.148. The maximum absolute atomic E-state index is 11.9. The molecular formula is C16H19NO3. The summed E-state index contributed by atoms with van der Waals surface area (Å²) in [7, 11) is 0. The molecule has 4 nitrogen and oxygen atoms in total. The minimum atomic E-state index is -0.794. The number of carboxylic acids is 1. The first-order valence-electron chi connectivity index (χ1n) is 6.74. The lowest BCUT2D eigenvalue weighted by Crippen LogP contribution is -2.53. The predicted octanol–water partition coefficient (Wildman–Crippen LogP) is 2.19. The monoisotopic (exact) mass is 273 g/mol. The Bertz CT molecular complexity index is 544. The lowest BCUT2D eigenvalue weighted by Gasteiger charge is -2.40. The molecule has 0 saturated carbocycles. The number of carbonyl (C=O) groups is 2. The molecule has 1 atom stereocenters. The van der Waals surface area contributed by atoms with Crippen LogP contribution in [0.4, 0.5) is 0 Å². The van der Waals surface area contributed by atoms with Crippen LogP contribution in [0.2, 0.25) is 0 Å². The van der Waals surface area contributed by atoms with Gasteiger partial charge in [-0.3, -0.25) is 9.59 Å². The van der Waals surface area contributed by atoms with E-state index in [-0.39, 0.29) is 17.7 Å². The fraction of sp³-hybridized carbons (Fsp3) is 0.375. The molecule has 0 aliphatic carbocycles. The van der Waals surface area contributed by atoms with Crippen LogP contribution in [-0.4, -0.2) is 35.0 Å². The van der Waals surface area contributed by atoms with Crippen LogP contribution in [-0.2, 0) is 9.59 Å². The molecule has 0 bridgehead atoms. The molecule has 1 aromatic rings. The molecule has 1 N–H and O–H groups in total. The summed E-state index contributed by atoms with van der Waals surface area (Å²) in [4.78, 5) is 24.5. The SMILES string of the molecule is Cc1ccccc1/C=C/C(=O)N1CC(C(C)C(=O)O)C1. The molecule has 1 aliphatic rings. The Balaban J connectivity index is 1.89. The highest BCUT2D eigenvalue weighted by molar-refractivity contribution is 5.92. The van der Waals surface area contributed by atoms with Crippen molar-refractivity contribution in [1.82, 2.24) is 4.90 Å². The maximum atomic E-state index is 11.9. The Kier molecular flexibility index (Phi) is 4.23. The van der Waals surface area contributed by atoms with Crippen LogP contribution in [0.1, 0.15) is 18.1 Å². The highest BCUT2D eigenvalue weighted by Crippen LogP contribution is 2.24. The van der Waals surface area contributed by atoms with Crippen molar-refractivity contribution in [2.45, 2.75) is 13.8 Å². The van der Waals surface area contributed by atoms with Crippen molar-refractivity contribution in [3.05, 3.63) is 41.5 Å². The molecule has 1 aliphatic heterocycles. The summed E-state index contributed by atoms with van der Waals surface area (Å²) in [5.74, 6) is -1.16. The number of nitrogens with zero attached hydrogens (tertiary/aromatic N) is 1. The molecule has 0 aromatic heterocycles. The summed E-state index contributed by atoms with van der Waals surface area (Å²) >= 11 is 0. The summed E-state index contributed by atoms with van der Waals surface area (Å²) in [6.07, 6.45) is 3.37. The number of aryl methyl sites for hydroxylation is 1. The first kappa shape index (κ1) is 14.3. The smallest absolute Gasteiger partial charge is 0.306 e. The number of benzene rings is 1. The summed E-state index contributed by atoms with van der Waals surface area (Å²) < 4.78 is 0. The van der Waals surface area contributed by atoms with E-state index in [1.54, 1.807) is 17.9 Å². The van der Waals surface area contributed by atoms with Crippen LogP contribution >= 0.6 is 0 Å². The number of hydrogen-bond acceptors (Lipinski definition) is 2. The topological polar surface area (TPSA) is 57.6 Å². The summed E-state index contributed by atoms with van der Waals surface area (Å²) in [6.45, 7) is 4.76. The largest absolute Gasteiger partial charge is 0.481 e. The van der Waals surface area contributed by atoms with Gasteiger partial charge < -0.3 is 10.0 Å². The molecule has 1 unspecified atom stereocenters. The van der Waals surface area contributed by atoms with Crippen LogP contribution in [0.5, 0.6) is 0 Å². The standard InChI is InChI=1S/C16H19NO3/c1-11-5-3-4-6-13(11)7-8-15(18)17-9-14(10-17)12(2)16(19)20/h3-8,12,14H,9-10H2,1-2H3,(H,19,20)/b8-7+. The Morgan fingerprint density at radius 2 is 2.00 bits per heavy atom. The molecule has 1 fully saturated rings. The van der Waals surface area contributed by atoms with E-state index in [0.717, 1.165) is 11.1 Å². The van der Waals surface area contributed by atoms with Crippen LogP contribution < -0.4 is 0 Å². The van der Waals surface area contributed by atoms with Gasteiger partial charge in [-0.1, -0.05) is 31.2 Å². The van der Waals surface area contributed by atoms with Crippen molar-refractivity contribution in [2.75, 3.05) is 13.1 Å². The van der Waals surface area contributed by atoms with Gasteiger partial charge in [0.2, 0.25) is 5.91 Å². The van der Waals surface area contributed by atoms with Crippen LogP contribution in [0.3, 0.4) is 0 Å². The third kappa shape index (κ3) is 3.07. The molecular weight excluding hydrogens is 254 g/mol. The van der Waals surface area contributed by atoms with E-state index in [9.17, 15) is 9.59 Å². The highest BCUT2D eigenvalue weighted by Gasteiger charge is 2.36. The van der Waals surface area contributed by atoms with Crippen LogP contribution in [0.25, 0.3) is 6.08 Å². The molecule has 1 aromatic carbocycles. The van der Waals surface area contributed by atoms with Gasteiger partial charge >= 0.3 is 5.97 Å². The molecule has 1 amide bonds. The van der Waals surface area contributed by atoms with Gasteiger partial charge in [0.15, 0.2) is 0 Å². The Labute approximate surface area is 118 Å². The van der Waals surface area contributed by atoms with Gasteiger partial charge in [0.1, 0.15) is 0 Å². The third-order valence-electron chi connectivity index (χ3n) is 3.91. The Hall–Kier alpha value is -2.10. The summed E-state index contributed by atoms with van der Waals surface area (Å²) in [6, 6.07) is 7.86. The van der Waals surface area contributed by atoms with Crippen LogP contribution in [0.15, 0.2) is 30.3 Å². The first-order chi connectivity index (χ1) is 9.49. The lowest BCUT2D eigenvalue weighted by atomic mass is 9.87. The quantitative estimate of drug-likeness (QED) is 0.855. The van der Waals surface area contributed by atoms with Crippen molar-refractivity contribution in [3.8, 4) is 0 Å². The predicted molar refractivity (Wildman–Crippen MR) is 77.1 cm³/mol. The zero-order valence-electron chi connectivity index (χ0n) is 11.7. The van der Waals surface area contributed by atoms with E-state index >= 15 is 0 Å². The number of rotatable bonds is 4. The van der Waals surface area contributed by atoms with E-state index in [1.165, 1.54) is 0 Å². The number of aliphatic carboxylic acids is 1. The summed E-state index contributed by atoms with van der Waals surface area (Å²) in [5.41, 5.74) is 2.15. The Morgan fingerprint density at radius 1 is 1.35 bits per heavy atom. The molecule has 1 saturated heterocycles. The van der Waals surface area contributed by atoms with E-state index in [4.69, 9.17) is 5.11 Å². The van der Waals surface area contributed by atoms with Gasteiger partial charge in [-0.25, -0.2) is 0 Å². The molecule has 0 spiro atoms. The average Bonchev–Trinajstić information content (AvgIpc) is 2.35. The molecule has 106 valence electrons. The second-order valence-corrected chi connectivity index (χ2v) is 5.32. The van der Waals surface area contributed by atoms with Gasteiger partial charge in [0.05, 0.1) is 5.92 Å². The molecule has 4 heteroatoms. The average molecular weight is 273 g/mol. The number of carboxylic acid groups (broad SMARTS) is 1. The van der Waals surface area contributed by atoms with E-state index in [2.05, 4.69) is 0 Å². The summed E-state index contributed by atoms with van der Waals surface area (Å²) in [5, 5.41) is 8.91. The first-order valence-corrected chi connectivity index (χ1v) is 6.74. The second-order valence-electron chi connectivity index (χ2n) is 5.32. The van der Waals surface area contributed by atoms with Crippen molar-refractivity contribution < 1.29 is 14.7 Å². The molecule has 20 heavy (non-hydrogen) atoms. The van der Waals surface area contributed by atoms with E-state index in [0.29, 0.717) is 13.1 Å². The van der Waals surface area contributed by atoms with E-state index < -0.39 is 5.97 Å². The fourth-order valence-corrected chi connectivity index (χ4v) is 2.25. The minimum absolute atomic E-state index is 0.0536. The highest BCUT2D eigenvalue weighted by atomic mass is 16.4. The third-order valence-corrected chi connectivity index (χ3v) is 3.91. The number of carbonyl (C=O) groups excluding carboxylic acids is 1. The zero-order chi connectivity index (χ0) is 14.7. The molecule has 0 radical (unpaired) electrons. The minimum Gasteiger partial charge on any atom is -0.481 e. The normalized spacial score (nSPS) is 17.0. The van der Waals surface area contributed by atoms with Crippen molar-refractivity contribution >= 4 is 18.0 Å². The maximum Gasteiger partial charge on any atom is 0.306 e. The molecule has 2 rings (SSSR count). The number of hydrogen-bond donors (Lipinski definition) is 1.